The Hall–Kier alpha value is -1.01. The molecule has 1 atom stereocenters. The van der Waals surface area contributed by atoms with Gasteiger partial charge in [0.25, 0.3) is 5.91 Å². The van der Waals surface area contributed by atoms with E-state index in [-0.39, 0.29) is 11.9 Å². The highest BCUT2D eigenvalue weighted by Crippen LogP contribution is 2.02. The van der Waals surface area contributed by atoms with Crippen molar-refractivity contribution >= 4 is 5.91 Å². The molecule has 0 aromatic heterocycles. The van der Waals surface area contributed by atoms with Gasteiger partial charge in [-0.3, -0.25) is 4.79 Å². The van der Waals surface area contributed by atoms with Gasteiger partial charge in [0.2, 0.25) is 0 Å². The van der Waals surface area contributed by atoms with E-state index < -0.39 is 0 Å². The first-order valence-electron chi connectivity index (χ1n) is 4.53. The molecular weight excluding hydrogens is 164 g/mol. The fourth-order valence-corrected chi connectivity index (χ4v) is 1.12. The van der Waals surface area contributed by atoms with Gasteiger partial charge in [-0.15, -0.1) is 0 Å². The van der Waals surface area contributed by atoms with Gasteiger partial charge < -0.3 is 11.1 Å². The average molecular weight is 182 g/mol. The van der Waals surface area contributed by atoms with Crippen molar-refractivity contribution in [1.82, 2.24) is 5.32 Å². The van der Waals surface area contributed by atoms with E-state index >= 15 is 0 Å². The maximum absolute atomic E-state index is 11.1. The Morgan fingerprint density at radius 2 is 2.15 bits per heavy atom. The Labute approximate surface area is 80.1 Å². The third kappa shape index (κ3) is 6.18. The predicted molar refractivity (Wildman–Crippen MR) is 53.9 cm³/mol. The molecule has 1 unspecified atom stereocenters. The summed E-state index contributed by atoms with van der Waals surface area (Å²) in [6.07, 6.45) is 0.896. The normalized spacial score (nSPS) is 11.8. The molecule has 13 heavy (non-hydrogen) atoms. The SMILES string of the molecule is CC#CC(=O)NC(CN)CC(C)C. The van der Waals surface area contributed by atoms with E-state index in [0.717, 1.165) is 6.42 Å². The molecular formula is C10H18N2O. The third-order valence-corrected chi connectivity index (χ3v) is 1.61. The molecule has 0 saturated carbocycles. The standard InChI is InChI=1S/C10H18N2O/c1-4-5-10(13)12-9(7-11)6-8(2)3/h8-9H,6-7,11H2,1-3H3,(H,12,13). The highest BCUT2D eigenvalue weighted by atomic mass is 16.1. The van der Waals surface area contributed by atoms with Gasteiger partial charge in [-0.2, -0.15) is 0 Å². The van der Waals surface area contributed by atoms with Crippen molar-refractivity contribution in [3.63, 3.8) is 0 Å². The van der Waals surface area contributed by atoms with Crippen LogP contribution in [-0.2, 0) is 4.79 Å². The van der Waals surface area contributed by atoms with Gasteiger partial charge in [0.15, 0.2) is 0 Å². The van der Waals surface area contributed by atoms with Crippen LogP contribution in [0.25, 0.3) is 0 Å². The quantitative estimate of drug-likeness (QED) is 0.622. The summed E-state index contributed by atoms with van der Waals surface area (Å²) < 4.78 is 0. The number of amides is 1. The Bertz CT molecular complexity index is 213. The fourth-order valence-electron chi connectivity index (χ4n) is 1.12. The minimum absolute atomic E-state index is 0.0494. The summed E-state index contributed by atoms with van der Waals surface area (Å²) in [7, 11) is 0. The van der Waals surface area contributed by atoms with E-state index in [1.807, 2.05) is 0 Å². The number of nitrogens with one attached hydrogen (secondary N) is 1. The molecule has 0 saturated heterocycles. The summed E-state index contributed by atoms with van der Waals surface area (Å²) >= 11 is 0. The van der Waals surface area contributed by atoms with Crippen LogP contribution in [0.4, 0.5) is 0 Å². The monoisotopic (exact) mass is 182 g/mol. The molecule has 0 aliphatic rings. The van der Waals surface area contributed by atoms with Crippen LogP contribution in [0.2, 0.25) is 0 Å². The highest BCUT2D eigenvalue weighted by Gasteiger charge is 2.10. The van der Waals surface area contributed by atoms with E-state index in [9.17, 15) is 4.79 Å². The van der Waals surface area contributed by atoms with E-state index in [2.05, 4.69) is 31.0 Å². The molecule has 0 bridgehead atoms. The van der Waals surface area contributed by atoms with Crippen molar-refractivity contribution in [3.8, 4) is 11.8 Å². The third-order valence-electron chi connectivity index (χ3n) is 1.61. The highest BCUT2D eigenvalue weighted by molar-refractivity contribution is 5.93. The fraction of sp³-hybridized carbons (Fsp3) is 0.700. The van der Waals surface area contributed by atoms with Crippen molar-refractivity contribution in [1.29, 1.82) is 0 Å². The number of carbonyl (C=O) groups excluding carboxylic acids is 1. The lowest BCUT2D eigenvalue weighted by Crippen LogP contribution is -2.40. The molecule has 0 rings (SSSR count). The van der Waals surface area contributed by atoms with Crippen LogP contribution in [0.5, 0.6) is 0 Å². The maximum atomic E-state index is 11.1. The second kappa shape index (κ2) is 6.50. The molecule has 0 heterocycles. The first-order chi connectivity index (χ1) is 6.10. The molecule has 1 amide bonds. The summed E-state index contributed by atoms with van der Waals surface area (Å²) in [6.45, 7) is 6.30. The Morgan fingerprint density at radius 1 is 1.54 bits per heavy atom. The Kier molecular flexibility index (Phi) is 5.99. The van der Waals surface area contributed by atoms with E-state index in [4.69, 9.17) is 5.73 Å². The molecule has 0 aromatic rings. The number of hydrogen-bond acceptors (Lipinski definition) is 2. The molecule has 0 spiro atoms. The largest absolute Gasteiger partial charge is 0.341 e. The number of rotatable bonds is 4. The lowest BCUT2D eigenvalue weighted by Gasteiger charge is -2.16. The van der Waals surface area contributed by atoms with E-state index in [1.54, 1.807) is 6.92 Å². The van der Waals surface area contributed by atoms with Crippen molar-refractivity contribution in [3.05, 3.63) is 0 Å². The first-order valence-corrected chi connectivity index (χ1v) is 4.53. The summed E-state index contributed by atoms with van der Waals surface area (Å²) in [6, 6.07) is 0.0494. The molecule has 3 N–H and O–H groups in total. The lowest BCUT2D eigenvalue weighted by atomic mass is 10.0. The van der Waals surface area contributed by atoms with Crippen molar-refractivity contribution in [2.24, 2.45) is 11.7 Å². The van der Waals surface area contributed by atoms with Gasteiger partial charge in [0.05, 0.1) is 0 Å². The molecule has 0 fully saturated rings. The van der Waals surface area contributed by atoms with Gasteiger partial charge in [-0.25, -0.2) is 0 Å². The van der Waals surface area contributed by atoms with Crippen LogP contribution in [0.1, 0.15) is 27.2 Å². The lowest BCUT2D eigenvalue weighted by molar-refractivity contribution is -0.116. The zero-order valence-corrected chi connectivity index (χ0v) is 8.55. The van der Waals surface area contributed by atoms with Gasteiger partial charge >= 0.3 is 0 Å². The van der Waals surface area contributed by atoms with Crippen LogP contribution in [0.15, 0.2) is 0 Å². The number of carbonyl (C=O) groups is 1. The molecule has 3 heteroatoms. The van der Waals surface area contributed by atoms with Crippen LogP contribution in [-0.4, -0.2) is 18.5 Å². The Morgan fingerprint density at radius 3 is 2.54 bits per heavy atom. The number of nitrogens with two attached hydrogens (primary N) is 1. The van der Waals surface area contributed by atoms with E-state index in [0.29, 0.717) is 12.5 Å². The smallest absolute Gasteiger partial charge is 0.296 e. The Balaban J connectivity index is 3.95. The van der Waals surface area contributed by atoms with Crippen molar-refractivity contribution in [2.45, 2.75) is 33.2 Å². The minimum Gasteiger partial charge on any atom is -0.341 e. The van der Waals surface area contributed by atoms with Crippen molar-refractivity contribution < 1.29 is 4.79 Å². The molecule has 74 valence electrons. The predicted octanol–water partition coefficient (Wildman–Crippen LogP) is 0.499. The number of hydrogen-bond donors (Lipinski definition) is 2. The maximum Gasteiger partial charge on any atom is 0.296 e. The van der Waals surface area contributed by atoms with Crippen LogP contribution < -0.4 is 11.1 Å². The molecule has 0 radical (unpaired) electrons. The van der Waals surface area contributed by atoms with Crippen molar-refractivity contribution in [2.75, 3.05) is 6.54 Å². The van der Waals surface area contributed by atoms with Gasteiger partial charge in [-0.05, 0) is 25.2 Å². The zero-order valence-electron chi connectivity index (χ0n) is 8.55. The van der Waals surface area contributed by atoms with Gasteiger partial charge in [0.1, 0.15) is 0 Å². The second-order valence-electron chi connectivity index (χ2n) is 3.41. The molecule has 0 aliphatic carbocycles. The molecule has 0 aliphatic heterocycles. The van der Waals surface area contributed by atoms with Crippen LogP contribution >= 0.6 is 0 Å². The molecule has 3 nitrogen and oxygen atoms in total. The van der Waals surface area contributed by atoms with Gasteiger partial charge in [-0.1, -0.05) is 19.8 Å². The van der Waals surface area contributed by atoms with Gasteiger partial charge in [0, 0.05) is 12.6 Å². The first kappa shape index (κ1) is 12.0. The average Bonchev–Trinajstić information content (AvgIpc) is 2.02. The van der Waals surface area contributed by atoms with Crippen LogP contribution in [0.3, 0.4) is 0 Å². The summed E-state index contributed by atoms with van der Waals surface area (Å²) in [5.74, 6) is 5.27. The van der Waals surface area contributed by atoms with E-state index in [1.165, 1.54) is 0 Å². The zero-order chi connectivity index (χ0) is 10.3. The van der Waals surface area contributed by atoms with Crippen LogP contribution in [0, 0.1) is 17.8 Å². The molecule has 0 aromatic carbocycles. The second-order valence-corrected chi connectivity index (χ2v) is 3.41. The summed E-state index contributed by atoms with van der Waals surface area (Å²) in [5.41, 5.74) is 5.50. The summed E-state index contributed by atoms with van der Waals surface area (Å²) in [5, 5.41) is 2.76. The topological polar surface area (TPSA) is 55.1 Å². The summed E-state index contributed by atoms with van der Waals surface area (Å²) in [4.78, 5) is 11.1. The minimum atomic E-state index is -0.237.